The van der Waals surface area contributed by atoms with Crippen LogP contribution in [0.4, 0.5) is 4.79 Å². The Hall–Kier alpha value is -0.730. The monoisotopic (exact) mass is 239 g/mol. The molecule has 98 valence electrons. The Kier molecular flexibility index (Phi) is 4.69. The highest BCUT2D eigenvalue weighted by atomic mass is 16.5. The molecule has 3 heteroatoms. The van der Waals surface area contributed by atoms with E-state index in [9.17, 15) is 4.79 Å². The van der Waals surface area contributed by atoms with Crippen molar-refractivity contribution in [2.75, 3.05) is 13.2 Å². The summed E-state index contributed by atoms with van der Waals surface area (Å²) in [7, 11) is 0. The fourth-order valence-electron chi connectivity index (χ4n) is 3.19. The summed E-state index contributed by atoms with van der Waals surface area (Å²) in [6, 6.07) is 0. The van der Waals surface area contributed by atoms with Crippen LogP contribution in [0.3, 0.4) is 0 Å². The van der Waals surface area contributed by atoms with Crippen LogP contribution in [0.1, 0.15) is 51.9 Å². The molecule has 0 bridgehead atoms. The summed E-state index contributed by atoms with van der Waals surface area (Å²) >= 11 is 0. The highest BCUT2D eigenvalue weighted by Crippen LogP contribution is 2.53. The predicted molar refractivity (Wildman–Crippen MR) is 67.8 cm³/mol. The Labute approximate surface area is 104 Å². The Morgan fingerprint density at radius 3 is 2.41 bits per heavy atom. The molecule has 2 saturated carbocycles. The van der Waals surface area contributed by atoms with Gasteiger partial charge in [0.1, 0.15) is 0 Å². The second-order valence-corrected chi connectivity index (χ2v) is 5.51. The number of ether oxygens (including phenoxy) is 1. The first-order valence-corrected chi connectivity index (χ1v) is 7.23. The zero-order valence-corrected chi connectivity index (χ0v) is 10.9. The Morgan fingerprint density at radius 2 is 1.82 bits per heavy atom. The molecule has 0 spiro atoms. The summed E-state index contributed by atoms with van der Waals surface area (Å²) in [4.78, 5) is 11.3. The van der Waals surface area contributed by atoms with E-state index in [1.54, 1.807) is 0 Å². The van der Waals surface area contributed by atoms with Crippen LogP contribution in [0, 0.1) is 17.8 Å². The van der Waals surface area contributed by atoms with Gasteiger partial charge >= 0.3 is 6.09 Å². The first-order chi connectivity index (χ1) is 8.33. The van der Waals surface area contributed by atoms with Crippen molar-refractivity contribution < 1.29 is 9.53 Å². The zero-order valence-electron chi connectivity index (χ0n) is 10.9. The SMILES string of the molecule is CCCNC(=O)OCC1C2CCCCCCC21. The van der Waals surface area contributed by atoms with E-state index in [0.29, 0.717) is 12.5 Å². The van der Waals surface area contributed by atoms with Crippen molar-refractivity contribution >= 4 is 6.09 Å². The van der Waals surface area contributed by atoms with Crippen LogP contribution in [-0.4, -0.2) is 19.2 Å². The summed E-state index contributed by atoms with van der Waals surface area (Å²) in [5.74, 6) is 2.38. The molecule has 1 amide bonds. The minimum atomic E-state index is -0.230. The lowest BCUT2D eigenvalue weighted by Gasteiger charge is -2.05. The molecule has 2 aliphatic rings. The molecule has 0 aromatic carbocycles. The molecule has 0 aromatic heterocycles. The minimum absolute atomic E-state index is 0.230. The molecule has 0 aliphatic heterocycles. The second kappa shape index (κ2) is 6.27. The maximum Gasteiger partial charge on any atom is 0.407 e. The van der Waals surface area contributed by atoms with E-state index in [1.807, 2.05) is 6.92 Å². The van der Waals surface area contributed by atoms with Crippen molar-refractivity contribution in [1.29, 1.82) is 0 Å². The summed E-state index contributed by atoms with van der Waals surface area (Å²) < 4.78 is 5.29. The highest BCUT2D eigenvalue weighted by molar-refractivity contribution is 5.67. The fraction of sp³-hybridized carbons (Fsp3) is 0.929. The third kappa shape index (κ3) is 3.62. The smallest absolute Gasteiger partial charge is 0.407 e. The van der Waals surface area contributed by atoms with E-state index in [4.69, 9.17) is 4.74 Å². The van der Waals surface area contributed by atoms with Crippen LogP contribution in [-0.2, 0) is 4.74 Å². The maximum absolute atomic E-state index is 11.3. The molecule has 2 rings (SSSR count). The molecular formula is C14H25NO2. The molecule has 1 N–H and O–H groups in total. The lowest BCUT2D eigenvalue weighted by molar-refractivity contribution is 0.137. The van der Waals surface area contributed by atoms with Crippen molar-refractivity contribution in [3.05, 3.63) is 0 Å². The number of nitrogens with one attached hydrogen (secondary N) is 1. The zero-order chi connectivity index (χ0) is 12.1. The first-order valence-electron chi connectivity index (χ1n) is 7.23. The Morgan fingerprint density at radius 1 is 1.18 bits per heavy atom. The molecule has 2 aliphatic carbocycles. The van der Waals surface area contributed by atoms with E-state index < -0.39 is 0 Å². The van der Waals surface area contributed by atoms with Crippen molar-refractivity contribution in [2.24, 2.45) is 17.8 Å². The average Bonchev–Trinajstić information content (AvgIpc) is 2.94. The highest BCUT2D eigenvalue weighted by Gasteiger charge is 2.49. The van der Waals surface area contributed by atoms with Gasteiger partial charge in [0.2, 0.25) is 0 Å². The van der Waals surface area contributed by atoms with E-state index in [2.05, 4.69) is 5.32 Å². The third-order valence-electron chi connectivity index (χ3n) is 4.26. The predicted octanol–water partition coefficient (Wildman–Crippen LogP) is 3.34. The quantitative estimate of drug-likeness (QED) is 0.817. The van der Waals surface area contributed by atoms with E-state index in [1.165, 1.54) is 38.5 Å². The van der Waals surface area contributed by atoms with Crippen molar-refractivity contribution in [2.45, 2.75) is 51.9 Å². The van der Waals surface area contributed by atoms with E-state index >= 15 is 0 Å². The van der Waals surface area contributed by atoms with Crippen LogP contribution < -0.4 is 5.32 Å². The van der Waals surface area contributed by atoms with Crippen molar-refractivity contribution in [1.82, 2.24) is 5.32 Å². The summed E-state index contributed by atoms with van der Waals surface area (Å²) in [6.45, 7) is 3.41. The summed E-state index contributed by atoms with van der Waals surface area (Å²) in [6.07, 6.45) is 8.99. The van der Waals surface area contributed by atoms with E-state index in [0.717, 1.165) is 24.8 Å². The van der Waals surface area contributed by atoms with E-state index in [-0.39, 0.29) is 6.09 Å². The van der Waals surface area contributed by atoms with Gasteiger partial charge < -0.3 is 10.1 Å². The molecule has 0 aromatic rings. The molecule has 0 heterocycles. The van der Waals surface area contributed by atoms with Gasteiger partial charge in [0.25, 0.3) is 0 Å². The summed E-state index contributed by atoms with van der Waals surface area (Å²) in [5, 5.41) is 2.76. The topological polar surface area (TPSA) is 38.3 Å². The molecule has 2 unspecified atom stereocenters. The van der Waals surface area contributed by atoms with Gasteiger partial charge in [0.15, 0.2) is 0 Å². The normalized spacial score (nSPS) is 31.9. The van der Waals surface area contributed by atoms with Crippen LogP contribution in [0.15, 0.2) is 0 Å². The van der Waals surface area contributed by atoms with Crippen LogP contribution in [0.5, 0.6) is 0 Å². The fourth-order valence-corrected chi connectivity index (χ4v) is 3.19. The molecule has 3 nitrogen and oxygen atoms in total. The molecular weight excluding hydrogens is 214 g/mol. The number of alkyl carbamates (subject to hydrolysis) is 1. The van der Waals surface area contributed by atoms with Crippen molar-refractivity contribution in [3.8, 4) is 0 Å². The molecule has 17 heavy (non-hydrogen) atoms. The van der Waals surface area contributed by atoms with Gasteiger partial charge in [-0.15, -0.1) is 0 Å². The van der Waals surface area contributed by atoms with Crippen LogP contribution in [0.2, 0.25) is 0 Å². The average molecular weight is 239 g/mol. The molecule has 0 saturated heterocycles. The standard InChI is InChI=1S/C14H25NO2/c1-2-9-15-14(16)17-10-13-11-7-5-3-4-6-8-12(11)13/h11-13H,2-10H2,1H3,(H,15,16). The number of hydrogen-bond donors (Lipinski definition) is 1. The maximum atomic E-state index is 11.3. The second-order valence-electron chi connectivity index (χ2n) is 5.51. The number of carbonyl (C=O) groups excluding carboxylic acids is 1. The van der Waals surface area contributed by atoms with Crippen LogP contribution in [0.25, 0.3) is 0 Å². The Bertz CT molecular complexity index is 241. The minimum Gasteiger partial charge on any atom is -0.449 e. The molecule has 2 fully saturated rings. The van der Waals surface area contributed by atoms with Gasteiger partial charge in [-0.05, 0) is 37.0 Å². The van der Waals surface area contributed by atoms with Crippen LogP contribution >= 0.6 is 0 Å². The molecule has 0 radical (unpaired) electrons. The number of fused-ring (bicyclic) bond motifs is 1. The number of rotatable bonds is 4. The largest absolute Gasteiger partial charge is 0.449 e. The van der Waals surface area contributed by atoms with Gasteiger partial charge in [-0.2, -0.15) is 0 Å². The van der Waals surface area contributed by atoms with Gasteiger partial charge in [-0.3, -0.25) is 0 Å². The van der Waals surface area contributed by atoms with Gasteiger partial charge in [0, 0.05) is 6.54 Å². The lowest BCUT2D eigenvalue weighted by Crippen LogP contribution is -2.25. The number of hydrogen-bond acceptors (Lipinski definition) is 2. The van der Waals surface area contributed by atoms with Gasteiger partial charge in [0.05, 0.1) is 6.61 Å². The number of carbonyl (C=O) groups is 1. The summed E-state index contributed by atoms with van der Waals surface area (Å²) in [5.41, 5.74) is 0. The number of amides is 1. The third-order valence-corrected chi connectivity index (χ3v) is 4.26. The van der Waals surface area contributed by atoms with Crippen molar-refractivity contribution in [3.63, 3.8) is 0 Å². The molecule has 2 atom stereocenters. The Balaban J connectivity index is 1.65. The van der Waals surface area contributed by atoms with Gasteiger partial charge in [-0.1, -0.05) is 32.6 Å². The first kappa shape index (κ1) is 12.7. The van der Waals surface area contributed by atoms with Gasteiger partial charge in [-0.25, -0.2) is 4.79 Å². The lowest BCUT2D eigenvalue weighted by atomic mass is 10.0.